The van der Waals surface area contributed by atoms with Crippen LogP contribution in [0, 0.1) is 11.8 Å². The Bertz CT molecular complexity index is 653. The van der Waals surface area contributed by atoms with Gasteiger partial charge in [0, 0.05) is 19.1 Å². The van der Waals surface area contributed by atoms with Crippen LogP contribution in [-0.2, 0) is 10.0 Å². The molecule has 3 atom stereocenters. The van der Waals surface area contributed by atoms with Crippen molar-refractivity contribution < 1.29 is 8.42 Å². The van der Waals surface area contributed by atoms with Crippen LogP contribution in [0.3, 0.4) is 0 Å². The number of benzene rings is 1. The molecule has 124 valence electrons. The van der Waals surface area contributed by atoms with E-state index in [-0.39, 0.29) is 34.3 Å². The van der Waals surface area contributed by atoms with Gasteiger partial charge >= 0.3 is 0 Å². The Labute approximate surface area is 147 Å². The molecule has 4 nitrogen and oxygen atoms in total. The number of sulfonamides is 1. The first kappa shape index (κ1) is 18.3. The molecule has 8 heteroatoms. The van der Waals surface area contributed by atoms with Gasteiger partial charge in [0.1, 0.15) is 0 Å². The summed E-state index contributed by atoms with van der Waals surface area (Å²) < 4.78 is 27.0. The molecule has 3 rings (SSSR count). The second kappa shape index (κ2) is 6.83. The third-order valence-corrected chi connectivity index (χ3v) is 7.22. The minimum atomic E-state index is -3.52. The van der Waals surface area contributed by atoms with Crippen molar-refractivity contribution in [3.8, 4) is 0 Å². The zero-order chi connectivity index (χ0) is 15.2. The molecule has 1 aliphatic heterocycles. The summed E-state index contributed by atoms with van der Waals surface area (Å²) in [6, 6.07) is 4.55. The van der Waals surface area contributed by atoms with Crippen LogP contribution in [0.1, 0.15) is 19.3 Å². The largest absolute Gasteiger partial charge is 0.327 e. The Morgan fingerprint density at radius 3 is 2.50 bits per heavy atom. The topological polar surface area (TPSA) is 63.4 Å². The van der Waals surface area contributed by atoms with Crippen molar-refractivity contribution >= 4 is 45.6 Å². The summed E-state index contributed by atoms with van der Waals surface area (Å²) in [5, 5.41) is 0.610. The molecule has 0 bridgehead atoms. The smallest absolute Gasteiger partial charge is 0.243 e. The van der Waals surface area contributed by atoms with Crippen molar-refractivity contribution in [1.29, 1.82) is 0 Å². The summed E-state index contributed by atoms with van der Waals surface area (Å²) >= 11 is 11.8. The predicted molar refractivity (Wildman–Crippen MR) is 91.3 cm³/mol. The van der Waals surface area contributed by atoms with Gasteiger partial charge in [0.25, 0.3) is 0 Å². The summed E-state index contributed by atoms with van der Waals surface area (Å²) in [4.78, 5) is 0.198. The minimum absolute atomic E-state index is 0. The summed E-state index contributed by atoms with van der Waals surface area (Å²) in [5.41, 5.74) is 6.15. The van der Waals surface area contributed by atoms with Crippen molar-refractivity contribution in [2.45, 2.75) is 30.2 Å². The van der Waals surface area contributed by atoms with Crippen LogP contribution in [0.25, 0.3) is 0 Å². The first-order valence-corrected chi connectivity index (χ1v) is 9.30. The fraction of sp³-hybridized carbons (Fsp3) is 0.571. The quantitative estimate of drug-likeness (QED) is 0.850. The van der Waals surface area contributed by atoms with E-state index in [1.807, 2.05) is 0 Å². The van der Waals surface area contributed by atoms with E-state index in [1.54, 1.807) is 4.31 Å². The number of halogens is 3. The molecule has 1 aliphatic carbocycles. The van der Waals surface area contributed by atoms with Gasteiger partial charge in [0.05, 0.1) is 14.9 Å². The van der Waals surface area contributed by atoms with E-state index in [1.165, 1.54) is 18.2 Å². The maximum atomic E-state index is 12.7. The Hall–Kier alpha value is -0.0400. The molecule has 1 saturated carbocycles. The second-order valence-corrected chi connectivity index (χ2v) is 8.67. The monoisotopic (exact) mass is 384 g/mol. The van der Waals surface area contributed by atoms with E-state index in [0.717, 1.165) is 19.3 Å². The first-order chi connectivity index (χ1) is 9.89. The molecular formula is C14H19Cl3N2O2S. The Morgan fingerprint density at radius 2 is 1.86 bits per heavy atom. The van der Waals surface area contributed by atoms with Gasteiger partial charge in [-0.15, -0.1) is 12.4 Å². The predicted octanol–water partition coefficient (Wildman–Crippen LogP) is 3.16. The SMILES string of the molecule is Cl.NC1CCCC2CN(S(=O)(=O)c3ccc(Cl)c(Cl)c3)CC12. The molecule has 3 unspecified atom stereocenters. The van der Waals surface area contributed by atoms with Crippen LogP contribution >= 0.6 is 35.6 Å². The third kappa shape index (κ3) is 3.25. The highest BCUT2D eigenvalue weighted by Gasteiger charge is 2.43. The van der Waals surface area contributed by atoms with E-state index in [0.29, 0.717) is 24.0 Å². The van der Waals surface area contributed by atoms with Gasteiger partial charge in [-0.2, -0.15) is 4.31 Å². The normalized spacial score (nSPS) is 29.0. The van der Waals surface area contributed by atoms with Gasteiger partial charge in [-0.05, 0) is 42.9 Å². The molecule has 22 heavy (non-hydrogen) atoms. The number of fused-ring (bicyclic) bond motifs is 1. The van der Waals surface area contributed by atoms with Crippen molar-refractivity contribution in [3.63, 3.8) is 0 Å². The lowest BCUT2D eigenvalue weighted by atomic mass is 9.78. The highest BCUT2D eigenvalue weighted by Crippen LogP contribution is 2.38. The molecule has 1 saturated heterocycles. The maximum absolute atomic E-state index is 12.7. The molecule has 0 aromatic heterocycles. The first-order valence-electron chi connectivity index (χ1n) is 7.10. The van der Waals surface area contributed by atoms with E-state index in [9.17, 15) is 8.42 Å². The van der Waals surface area contributed by atoms with Crippen molar-refractivity contribution in [3.05, 3.63) is 28.2 Å². The number of hydrogen-bond acceptors (Lipinski definition) is 3. The lowest BCUT2D eigenvalue weighted by Gasteiger charge is -2.29. The summed E-state index contributed by atoms with van der Waals surface area (Å²) in [6.45, 7) is 1.06. The highest BCUT2D eigenvalue weighted by molar-refractivity contribution is 7.89. The highest BCUT2D eigenvalue weighted by atomic mass is 35.5. The average molecular weight is 386 g/mol. The fourth-order valence-corrected chi connectivity index (χ4v) is 5.38. The summed E-state index contributed by atoms with van der Waals surface area (Å²) in [5.74, 6) is 0.655. The molecule has 2 fully saturated rings. The van der Waals surface area contributed by atoms with Crippen LogP contribution in [-0.4, -0.2) is 31.9 Å². The van der Waals surface area contributed by atoms with Crippen LogP contribution < -0.4 is 5.73 Å². The van der Waals surface area contributed by atoms with Gasteiger partial charge in [-0.25, -0.2) is 8.42 Å². The van der Waals surface area contributed by atoms with Gasteiger partial charge in [0.2, 0.25) is 10.0 Å². The zero-order valence-corrected chi connectivity index (χ0v) is 15.1. The molecule has 0 radical (unpaired) electrons. The molecule has 0 amide bonds. The Kier molecular flexibility index (Phi) is 5.68. The van der Waals surface area contributed by atoms with Crippen molar-refractivity contribution in [1.82, 2.24) is 4.31 Å². The minimum Gasteiger partial charge on any atom is -0.327 e. The van der Waals surface area contributed by atoms with Crippen molar-refractivity contribution in [2.75, 3.05) is 13.1 Å². The number of hydrogen-bond donors (Lipinski definition) is 1. The molecule has 1 aromatic carbocycles. The molecule has 1 aromatic rings. The lowest BCUT2D eigenvalue weighted by Crippen LogP contribution is -2.38. The van der Waals surface area contributed by atoms with Gasteiger partial charge in [-0.3, -0.25) is 0 Å². The van der Waals surface area contributed by atoms with Crippen LogP contribution in [0.4, 0.5) is 0 Å². The van der Waals surface area contributed by atoms with Gasteiger partial charge in [0.15, 0.2) is 0 Å². The summed E-state index contributed by atoms with van der Waals surface area (Å²) in [7, 11) is -3.52. The van der Waals surface area contributed by atoms with Gasteiger partial charge < -0.3 is 5.73 Å². The molecule has 1 heterocycles. The Balaban J connectivity index is 0.00000176. The van der Waals surface area contributed by atoms with E-state index >= 15 is 0 Å². The molecule has 2 aliphatic rings. The molecule has 2 N–H and O–H groups in total. The standard InChI is InChI=1S/C14H18Cl2N2O2S.ClH/c15-12-5-4-10(6-13(12)16)21(19,20)18-7-9-2-1-3-14(17)11(9)8-18;/h4-6,9,11,14H,1-3,7-8,17H2;1H. The summed E-state index contributed by atoms with van der Waals surface area (Å²) in [6.07, 6.45) is 3.14. The number of nitrogens with two attached hydrogens (primary N) is 1. The fourth-order valence-electron chi connectivity index (χ4n) is 3.46. The number of nitrogens with zero attached hydrogens (tertiary/aromatic N) is 1. The maximum Gasteiger partial charge on any atom is 0.243 e. The number of rotatable bonds is 2. The lowest BCUT2D eigenvalue weighted by molar-refractivity contribution is 0.260. The Morgan fingerprint density at radius 1 is 1.14 bits per heavy atom. The second-order valence-electron chi connectivity index (χ2n) is 5.92. The van der Waals surface area contributed by atoms with Crippen molar-refractivity contribution in [2.24, 2.45) is 17.6 Å². The van der Waals surface area contributed by atoms with E-state index in [4.69, 9.17) is 28.9 Å². The zero-order valence-electron chi connectivity index (χ0n) is 11.9. The van der Waals surface area contributed by atoms with E-state index < -0.39 is 10.0 Å². The van der Waals surface area contributed by atoms with Crippen LogP contribution in [0.15, 0.2) is 23.1 Å². The van der Waals surface area contributed by atoms with E-state index in [2.05, 4.69) is 0 Å². The van der Waals surface area contributed by atoms with Crippen LogP contribution in [0.5, 0.6) is 0 Å². The molecule has 0 spiro atoms. The third-order valence-electron chi connectivity index (χ3n) is 4.65. The van der Waals surface area contributed by atoms with Gasteiger partial charge in [-0.1, -0.05) is 29.6 Å². The van der Waals surface area contributed by atoms with Crippen LogP contribution in [0.2, 0.25) is 10.0 Å². The molecular weight excluding hydrogens is 367 g/mol. The average Bonchev–Trinajstić information content (AvgIpc) is 2.88.